The summed E-state index contributed by atoms with van der Waals surface area (Å²) in [6.45, 7) is 14.5. The molecule has 0 spiro atoms. The number of hydrogen-bond donors (Lipinski definition) is 1. The Morgan fingerprint density at radius 3 is 1.80 bits per heavy atom. The summed E-state index contributed by atoms with van der Waals surface area (Å²) >= 11 is 0. The molecule has 1 aliphatic carbocycles. The van der Waals surface area contributed by atoms with Gasteiger partial charge in [0.05, 0.1) is 0 Å². The van der Waals surface area contributed by atoms with Gasteiger partial charge in [0.2, 0.25) is 0 Å². The molecule has 1 rings (SSSR count). The van der Waals surface area contributed by atoms with Gasteiger partial charge in [0.1, 0.15) is 11.1 Å². The van der Waals surface area contributed by atoms with Crippen LogP contribution in [0.25, 0.3) is 0 Å². The summed E-state index contributed by atoms with van der Waals surface area (Å²) in [4.78, 5) is 12.2. The van der Waals surface area contributed by atoms with Crippen LogP contribution >= 0.6 is 0 Å². The van der Waals surface area contributed by atoms with Crippen LogP contribution in [-0.4, -0.2) is 24.2 Å². The summed E-state index contributed by atoms with van der Waals surface area (Å²) in [5, 5.41) is 3.01. The standard InChI is InChI=1S/C14H27NO2.C3H8/c1-12(2,3)14(9-7-8-10-14)17-11(16)13(4,5)15-6;1-3-2/h15H,7-10H2,1-6H3;3H2,1-2H3. The minimum atomic E-state index is -0.610. The maximum absolute atomic E-state index is 12.2. The summed E-state index contributed by atoms with van der Waals surface area (Å²) in [6.07, 6.45) is 5.54. The van der Waals surface area contributed by atoms with E-state index in [0.29, 0.717) is 0 Å². The topological polar surface area (TPSA) is 38.3 Å². The van der Waals surface area contributed by atoms with Gasteiger partial charge in [-0.05, 0) is 46.6 Å². The maximum atomic E-state index is 12.2. The van der Waals surface area contributed by atoms with E-state index in [1.54, 1.807) is 7.05 Å². The van der Waals surface area contributed by atoms with Crippen molar-refractivity contribution in [2.45, 2.75) is 91.7 Å². The molecule has 0 amide bonds. The number of carbonyl (C=O) groups is 1. The Balaban J connectivity index is 0.00000110. The molecular formula is C17H35NO2. The smallest absolute Gasteiger partial charge is 0.326 e. The van der Waals surface area contributed by atoms with E-state index in [1.807, 2.05) is 13.8 Å². The summed E-state index contributed by atoms with van der Waals surface area (Å²) in [6, 6.07) is 0. The molecule has 0 unspecified atom stereocenters. The van der Waals surface area contributed by atoms with Crippen molar-refractivity contribution in [3.63, 3.8) is 0 Å². The summed E-state index contributed by atoms with van der Waals surface area (Å²) in [7, 11) is 1.79. The lowest BCUT2D eigenvalue weighted by Crippen LogP contribution is -2.52. The van der Waals surface area contributed by atoms with E-state index < -0.39 is 5.54 Å². The van der Waals surface area contributed by atoms with Crippen LogP contribution in [-0.2, 0) is 9.53 Å². The van der Waals surface area contributed by atoms with Crippen molar-refractivity contribution >= 4 is 5.97 Å². The monoisotopic (exact) mass is 285 g/mol. The van der Waals surface area contributed by atoms with Crippen molar-refractivity contribution in [3.05, 3.63) is 0 Å². The van der Waals surface area contributed by atoms with Gasteiger partial charge in [0, 0.05) is 5.41 Å². The molecule has 0 radical (unpaired) electrons. The fraction of sp³-hybridized carbons (Fsp3) is 0.941. The van der Waals surface area contributed by atoms with Gasteiger partial charge in [-0.15, -0.1) is 0 Å². The van der Waals surface area contributed by atoms with Crippen molar-refractivity contribution < 1.29 is 9.53 Å². The van der Waals surface area contributed by atoms with Crippen LogP contribution in [0.3, 0.4) is 0 Å². The number of ether oxygens (including phenoxy) is 1. The predicted octanol–water partition coefficient (Wildman–Crippen LogP) is 4.30. The van der Waals surface area contributed by atoms with Gasteiger partial charge in [-0.2, -0.15) is 0 Å². The van der Waals surface area contributed by atoms with Crippen LogP contribution < -0.4 is 5.32 Å². The lowest BCUT2D eigenvalue weighted by Gasteiger charge is -2.42. The summed E-state index contributed by atoms with van der Waals surface area (Å²) < 4.78 is 5.92. The average molecular weight is 285 g/mol. The van der Waals surface area contributed by atoms with E-state index in [2.05, 4.69) is 39.9 Å². The number of carbonyl (C=O) groups excluding carboxylic acids is 1. The first-order valence-electron chi connectivity index (χ1n) is 7.98. The molecule has 3 nitrogen and oxygen atoms in total. The van der Waals surface area contributed by atoms with Crippen LogP contribution in [0, 0.1) is 5.41 Å². The molecule has 1 saturated carbocycles. The third-order valence-corrected chi connectivity index (χ3v) is 4.20. The minimum Gasteiger partial charge on any atom is -0.457 e. The quantitative estimate of drug-likeness (QED) is 0.786. The first kappa shape index (κ1) is 19.4. The molecule has 0 aromatic heterocycles. The second-order valence-corrected chi connectivity index (χ2v) is 7.42. The molecule has 0 saturated heterocycles. The molecule has 120 valence electrons. The van der Waals surface area contributed by atoms with Gasteiger partial charge in [-0.3, -0.25) is 4.79 Å². The predicted molar refractivity (Wildman–Crippen MR) is 85.8 cm³/mol. The Morgan fingerprint density at radius 1 is 1.10 bits per heavy atom. The van der Waals surface area contributed by atoms with Crippen molar-refractivity contribution in [1.29, 1.82) is 0 Å². The Labute approximate surface area is 125 Å². The van der Waals surface area contributed by atoms with Crippen molar-refractivity contribution in [3.8, 4) is 0 Å². The number of hydrogen-bond acceptors (Lipinski definition) is 3. The van der Waals surface area contributed by atoms with E-state index in [0.717, 1.165) is 25.7 Å². The highest BCUT2D eigenvalue weighted by Crippen LogP contribution is 2.46. The number of rotatable bonds is 3. The lowest BCUT2D eigenvalue weighted by molar-refractivity contribution is -0.179. The molecule has 1 N–H and O–H groups in total. The molecule has 0 aromatic carbocycles. The molecule has 0 aromatic rings. The highest BCUT2D eigenvalue weighted by Gasteiger charge is 2.49. The fourth-order valence-corrected chi connectivity index (χ4v) is 2.36. The van der Waals surface area contributed by atoms with Gasteiger partial charge < -0.3 is 10.1 Å². The number of likely N-dealkylation sites (N-methyl/N-ethyl adjacent to an activating group) is 1. The Morgan fingerprint density at radius 2 is 1.50 bits per heavy atom. The van der Waals surface area contributed by atoms with Gasteiger partial charge in [0.25, 0.3) is 0 Å². The van der Waals surface area contributed by atoms with Gasteiger partial charge in [-0.1, -0.05) is 41.0 Å². The highest BCUT2D eigenvalue weighted by molar-refractivity contribution is 5.80. The molecule has 0 bridgehead atoms. The molecule has 0 atom stereocenters. The normalized spacial score (nSPS) is 18.2. The lowest BCUT2D eigenvalue weighted by atomic mass is 9.75. The minimum absolute atomic E-state index is 0.00296. The Bertz CT molecular complexity index is 297. The zero-order chi connectivity index (χ0) is 16.0. The van der Waals surface area contributed by atoms with E-state index >= 15 is 0 Å². The average Bonchev–Trinajstić information content (AvgIpc) is 2.79. The van der Waals surface area contributed by atoms with Crippen LogP contribution in [0.5, 0.6) is 0 Å². The summed E-state index contributed by atoms with van der Waals surface area (Å²) in [5.41, 5.74) is -0.887. The molecular weight excluding hydrogens is 250 g/mol. The van der Waals surface area contributed by atoms with Crippen molar-refractivity contribution in [2.75, 3.05) is 7.05 Å². The first-order valence-corrected chi connectivity index (χ1v) is 7.98. The third kappa shape index (κ3) is 4.76. The fourth-order valence-electron chi connectivity index (χ4n) is 2.36. The van der Waals surface area contributed by atoms with E-state index in [4.69, 9.17) is 4.74 Å². The van der Waals surface area contributed by atoms with Crippen molar-refractivity contribution in [1.82, 2.24) is 5.32 Å². The maximum Gasteiger partial charge on any atom is 0.326 e. The van der Waals surface area contributed by atoms with Crippen LogP contribution in [0.4, 0.5) is 0 Å². The highest BCUT2D eigenvalue weighted by atomic mass is 16.6. The molecule has 1 fully saturated rings. The molecule has 0 heterocycles. The zero-order valence-electron chi connectivity index (χ0n) is 14.9. The first-order chi connectivity index (χ1) is 9.06. The number of nitrogens with one attached hydrogen (secondary N) is 1. The van der Waals surface area contributed by atoms with Crippen LogP contribution in [0.2, 0.25) is 0 Å². The molecule has 3 heteroatoms. The second kappa shape index (κ2) is 7.44. The molecule has 1 aliphatic rings. The largest absolute Gasteiger partial charge is 0.457 e. The zero-order valence-corrected chi connectivity index (χ0v) is 14.9. The number of esters is 1. The third-order valence-electron chi connectivity index (χ3n) is 4.20. The summed E-state index contributed by atoms with van der Waals surface area (Å²) in [5.74, 6) is -0.142. The second-order valence-electron chi connectivity index (χ2n) is 7.42. The Hall–Kier alpha value is -0.570. The van der Waals surface area contributed by atoms with E-state index in [1.165, 1.54) is 6.42 Å². The van der Waals surface area contributed by atoms with Gasteiger partial charge in [-0.25, -0.2) is 0 Å². The molecule has 20 heavy (non-hydrogen) atoms. The van der Waals surface area contributed by atoms with E-state index in [9.17, 15) is 4.79 Å². The van der Waals surface area contributed by atoms with Crippen LogP contribution in [0.15, 0.2) is 0 Å². The van der Waals surface area contributed by atoms with E-state index in [-0.39, 0.29) is 17.0 Å². The Kier molecular flexibility index (Phi) is 7.23. The van der Waals surface area contributed by atoms with Crippen molar-refractivity contribution in [2.24, 2.45) is 5.41 Å². The molecule has 0 aliphatic heterocycles. The van der Waals surface area contributed by atoms with Crippen LogP contribution in [0.1, 0.15) is 80.6 Å². The van der Waals surface area contributed by atoms with Gasteiger partial charge >= 0.3 is 5.97 Å². The SMILES string of the molecule is CCC.CNC(C)(C)C(=O)OC1(C(C)(C)C)CCCC1. The van der Waals surface area contributed by atoms with Gasteiger partial charge in [0.15, 0.2) is 0 Å².